The molecule has 0 aliphatic carbocycles. The fourth-order valence-corrected chi connectivity index (χ4v) is 3.29. The molecule has 4 heteroatoms. The van der Waals surface area contributed by atoms with Gasteiger partial charge >= 0.3 is 0 Å². The molecular weight excluding hydrogens is 256 g/mol. The predicted molar refractivity (Wildman–Crippen MR) is 80.7 cm³/mol. The van der Waals surface area contributed by atoms with Gasteiger partial charge in [0.1, 0.15) is 0 Å². The summed E-state index contributed by atoms with van der Waals surface area (Å²) in [5.74, 6) is 0. The van der Waals surface area contributed by atoms with Gasteiger partial charge in [-0.3, -0.25) is 0 Å². The van der Waals surface area contributed by atoms with E-state index in [2.05, 4.69) is 45.3 Å². The van der Waals surface area contributed by atoms with Crippen molar-refractivity contribution in [1.29, 1.82) is 0 Å². The molecule has 19 heavy (non-hydrogen) atoms. The van der Waals surface area contributed by atoms with Gasteiger partial charge < -0.3 is 10.1 Å². The van der Waals surface area contributed by atoms with Gasteiger partial charge in [-0.2, -0.15) is 0 Å². The van der Waals surface area contributed by atoms with Crippen LogP contribution in [0.25, 0.3) is 0 Å². The van der Waals surface area contributed by atoms with Crippen LogP contribution < -0.4 is 5.32 Å². The van der Waals surface area contributed by atoms with Crippen molar-refractivity contribution < 1.29 is 4.74 Å². The van der Waals surface area contributed by atoms with E-state index in [1.807, 2.05) is 0 Å². The summed E-state index contributed by atoms with van der Waals surface area (Å²) in [6.45, 7) is 12.7. The van der Waals surface area contributed by atoms with E-state index in [9.17, 15) is 0 Å². The molecule has 1 atom stereocenters. The van der Waals surface area contributed by atoms with Crippen molar-refractivity contribution in [3.05, 3.63) is 16.1 Å². The van der Waals surface area contributed by atoms with E-state index in [1.165, 1.54) is 10.7 Å². The first-order chi connectivity index (χ1) is 8.76. The van der Waals surface area contributed by atoms with Crippen LogP contribution in [0.5, 0.6) is 0 Å². The molecule has 0 radical (unpaired) electrons. The van der Waals surface area contributed by atoms with Gasteiger partial charge in [0.25, 0.3) is 0 Å². The van der Waals surface area contributed by atoms with E-state index < -0.39 is 0 Å². The lowest BCUT2D eigenvalue weighted by Crippen LogP contribution is -2.43. The monoisotopic (exact) mass is 282 g/mol. The molecule has 2 heterocycles. The fourth-order valence-electron chi connectivity index (χ4n) is 2.39. The molecular formula is C15H26N2OS. The third-order valence-electron chi connectivity index (χ3n) is 3.46. The van der Waals surface area contributed by atoms with Crippen LogP contribution in [0.15, 0.2) is 5.38 Å². The summed E-state index contributed by atoms with van der Waals surface area (Å²) in [6, 6.07) is 0.545. The Hall–Kier alpha value is -0.450. The van der Waals surface area contributed by atoms with E-state index in [-0.39, 0.29) is 11.0 Å². The average molecular weight is 282 g/mol. The number of aromatic nitrogens is 1. The van der Waals surface area contributed by atoms with E-state index in [1.54, 1.807) is 11.3 Å². The summed E-state index contributed by atoms with van der Waals surface area (Å²) in [4.78, 5) is 4.73. The number of nitrogens with zero attached hydrogens (tertiary/aromatic N) is 1. The molecule has 108 valence electrons. The molecule has 0 aromatic carbocycles. The molecule has 0 saturated carbocycles. The maximum absolute atomic E-state index is 5.74. The highest BCUT2D eigenvalue weighted by atomic mass is 32.1. The molecule has 1 aliphatic rings. The Labute approximate surface area is 120 Å². The second-order valence-electron chi connectivity index (χ2n) is 7.07. The average Bonchev–Trinajstić information content (AvgIpc) is 2.73. The molecule has 3 nitrogen and oxygen atoms in total. The molecule has 0 amide bonds. The summed E-state index contributed by atoms with van der Waals surface area (Å²) in [5.41, 5.74) is 1.33. The highest BCUT2D eigenvalue weighted by Gasteiger charge is 2.28. The van der Waals surface area contributed by atoms with Gasteiger partial charge in [-0.15, -0.1) is 11.3 Å². The maximum Gasteiger partial charge on any atom is 0.0982 e. The summed E-state index contributed by atoms with van der Waals surface area (Å²) in [5, 5.41) is 7.02. The molecule has 2 rings (SSSR count). The number of hydrogen-bond acceptors (Lipinski definition) is 4. The van der Waals surface area contributed by atoms with Gasteiger partial charge in [-0.25, -0.2) is 4.98 Å². The van der Waals surface area contributed by atoms with Crippen molar-refractivity contribution in [2.75, 3.05) is 6.61 Å². The third-order valence-corrected chi connectivity index (χ3v) is 4.78. The maximum atomic E-state index is 5.74. The molecule has 0 spiro atoms. The highest BCUT2D eigenvalue weighted by molar-refractivity contribution is 7.09. The number of rotatable bonds is 3. The molecule has 1 aromatic rings. The van der Waals surface area contributed by atoms with Gasteiger partial charge in [-0.1, -0.05) is 20.8 Å². The summed E-state index contributed by atoms with van der Waals surface area (Å²) in [7, 11) is 0. The zero-order valence-corrected chi connectivity index (χ0v) is 13.6. The van der Waals surface area contributed by atoms with E-state index >= 15 is 0 Å². The highest BCUT2D eigenvalue weighted by Crippen LogP contribution is 2.26. The van der Waals surface area contributed by atoms with E-state index in [4.69, 9.17) is 9.72 Å². The standard InChI is InChI=1S/C15H26N2OS/c1-14(2,3)13-17-12(10-19-13)9-16-11-6-7-18-15(4,5)8-11/h10-11,16H,6-9H2,1-5H3. The lowest BCUT2D eigenvalue weighted by atomic mass is 9.94. The van der Waals surface area contributed by atoms with Gasteiger partial charge in [0, 0.05) is 30.0 Å². The minimum Gasteiger partial charge on any atom is -0.375 e. The zero-order valence-electron chi connectivity index (χ0n) is 12.7. The lowest BCUT2D eigenvalue weighted by Gasteiger charge is -2.35. The van der Waals surface area contributed by atoms with Crippen LogP contribution in [0, 0.1) is 0 Å². The summed E-state index contributed by atoms with van der Waals surface area (Å²) >= 11 is 1.77. The molecule has 1 aromatic heterocycles. The van der Waals surface area contributed by atoms with Crippen LogP contribution in [0.4, 0.5) is 0 Å². The third kappa shape index (κ3) is 4.26. The van der Waals surface area contributed by atoms with Crippen LogP contribution >= 0.6 is 11.3 Å². The van der Waals surface area contributed by atoms with Crippen LogP contribution in [-0.2, 0) is 16.7 Å². The van der Waals surface area contributed by atoms with Gasteiger partial charge in [0.2, 0.25) is 0 Å². The van der Waals surface area contributed by atoms with Crippen LogP contribution in [0.1, 0.15) is 58.2 Å². The van der Waals surface area contributed by atoms with E-state index in [0.29, 0.717) is 6.04 Å². The number of thiazole rings is 1. The Kier molecular flexibility index (Phi) is 4.33. The number of ether oxygens (including phenoxy) is 1. The Morgan fingerprint density at radius 1 is 1.47 bits per heavy atom. The molecule has 1 fully saturated rings. The SMILES string of the molecule is CC1(C)CC(NCc2csc(C(C)(C)C)n2)CCO1. The first-order valence-corrected chi connectivity index (χ1v) is 7.96. The van der Waals surface area contributed by atoms with Crippen LogP contribution in [0.3, 0.4) is 0 Å². The van der Waals surface area contributed by atoms with E-state index in [0.717, 1.165) is 26.0 Å². The van der Waals surface area contributed by atoms with Crippen molar-refractivity contribution in [2.24, 2.45) is 0 Å². The first-order valence-electron chi connectivity index (χ1n) is 7.08. The van der Waals surface area contributed by atoms with Crippen molar-refractivity contribution in [3.8, 4) is 0 Å². The molecule has 1 N–H and O–H groups in total. The Balaban J connectivity index is 1.87. The van der Waals surface area contributed by atoms with Crippen molar-refractivity contribution in [2.45, 2.75) is 71.1 Å². The van der Waals surface area contributed by atoms with Crippen molar-refractivity contribution in [3.63, 3.8) is 0 Å². The fraction of sp³-hybridized carbons (Fsp3) is 0.800. The first kappa shape index (κ1) is 14.9. The molecule has 1 unspecified atom stereocenters. The second kappa shape index (κ2) is 5.51. The Morgan fingerprint density at radius 2 is 2.21 bits per heavy atom. The van der Waals surface area contributed by atoms with Crippen LogP contribution in [-0.4, -0.2) is 23.2 Å². The smallest absolute Gasteiger partial charge is 0.0982 e. The Bertz CT molecular complexity index is 420. The topological polar surface area (TPSA) is 34.2 Å². The number of hydrogen-bond donors (Lipinski definition) is 1. The van der Waals surface area contributed by atoms with Gasteiger partial charge in [0.05, 0.1) is 16.3 Å². The molecule has 0 bridgehead atoms. The largest absolute Gasteiger partial charge is 0.375 e. The minimum atomic E-state index is 0.00849. The van der Waals surface area contributed by atoms with Gasteiger partial charge in [-0.05, 0) is 26.7 Å². The van der Waals surface area contributed by atoms with Crippen molar-refractivity contribution >= 4 is 11.3 Å². The quantitative estimate of drug-likeness (QED) is 0.921. The van der Waals surface area contributed by atoms with Crippen LogP contribution in [0.2, 0.25) is 0 Å². The Morgan fingerprint density at radius 3 is 2.79 bits per heavy atom. The normalized spacial score (nSPS) is 23.5. The molecule has 1 saturated heterocycles. The predicted octanol–water partition coefficient (Wildman–Crippen LogP) is 3.49. The lowest BCUT2D eigenvalue weighted by molar-refractivity contribution is -0.0631. The zero-order chi connectivity index (χ0) is 14.1. The molecule has 1 aliphatic heterocycles. The number of nitrogens with one attached hydrogen (secondary N) is 1. The second-order valence-corrected chi connectivity index (χ2v) is 7.93. The van der Waals surface area contributed by atoms with Gasteiger partial charge in [0.15, 0.2) is 0 Å². The minimum absolute atomic E-state index is 0.00849. The summed E-state index contributed by atoms with van der Waals surface area (Å²) in [6.07, 6.45) is 2.17. The summed E-state index contributed by atoms with van der Waals surface area (Å²) < 4.78 is 5.74. The van der Waals surface area contributed by atoms with Crippen molar-refractivity contribution in [1.82, 2.24) is 10.3 Å².